The lowest BCUT2D eigenvalue weighted by Crippen LogP contribution is -2.54. The minimum absolute atomic E-state index is 0.214. The lowest BCUT2D eigenvalue weighted by Gasteiger charge is -2.39. The summed E-state index contributed by atoms with van der Waals surface area (Å²) < 4.78 is 0. The number of hydrogen-bond donors (Lipinski definition) is 1. The Bertz CT molecular complexity index is 148. The van der Waals surface area contributed by atoms with Crippen molar-refractivity contribution in [2.24, 2.45) is 0 Å². The second-order valence-electron chi connectivity index (χ2n) is 4.68. The van der Waals surface area contributed by atoms with Crippen molar-refractivity contribution in [2.45, 2.75) is 38.9 Å². The van der Waals surface area contributed by atoms with Gasteiger partial charge in [0, 0.05) is 12.1 Å². The van der Waals surface area contributed by atoms with Crippen LogP contribution in [0.3, 0.4) is 0 Å². The molecule has 72 valence electrons. The van der Waals surface area contributed by atoms with Crippen molar-refractivity contribution in [1.29, 1.82) is 0 Å². The highest BCUT2D eigenvalue weighted by Crippen LogP contribution is 2.21. The van der Waals surface area contributed by atoms with Crippen molar-refractivity contribution >= 4 is 0 Å². The van der Waals surface area contributed by atoms with Gasteiger partial charge in [0.2, 0.25) is 0 Å². The van der Waals surface area contributed by atoms with Gasteiger partial charge in [-0.3, -0.25) is 10.3 Å². The summed E-state index contributed by atoms with van der Waals surface area (Å²) >= 11 is 0. The first-order valence-corrected chi connectivity index (χ1v) is 4.62. The zero-order chi connectivity index (χ0) is 9.35. The molecular formula is C9H21N3. The van der Waals surface area contributed by atoms with E-state index in [2.05, 4.69) is 50.2 Å². The van der Waals surface area contributed by atoms with Crippen LogP contribution in [0.4, 0.5) is 0 Å². The van der Waals surface area contributed by atoms with E-state index in [1.165, 1.54) is 6.42 Å². The van der Waals surface area contributed by atoms with Crippen molar-refractivity contribution < 1.29 is 0 Å². The average molecular weight is 171 g/mol. The molecule has 1 fully saturated rings. The highest BCUT2D eigenvalue weighted by atomic mass is 15.6. The summed E-state index contributed by atoms with van der Waals surface area (Å²) in [5.74, 6) is 0. The van der Waals surface area contributed by atoms with Crippen LogP contribution in [0.25, 0.3) is 0 Å². The average Bonchev–Trinajstić information content (AvgIpc) is 2.30. The van der Waals surface area contributed by atoms with Gasteiger partial charge in [-0.05, 0) is 41.3 Å². The van der Waals surface area contributed by atoms with E-state index < -0.39 is 0 Å². The van der Waals surface area contributed by atoms with Gasteiger partial charge in [0.1, 0.15) is 0 Å². The standard InChI is InChI=1S/C9H21N3/c1-9(2,3)12-8(11(4)5)6-7-10-12/h8,10H,6-7H2,1-5H3. The zero-order valence-corrected chi connectivity index (χ0v) is 8.89. The molecule has 0 saturated carbocycles. The summed E-state index contributed by atoms with van der Waals surface area (Å²) in [5.41, 5.74) is 3.63. The van der Waals surface area contributed by atoms with E-state index in [-0.39, 0.29) is 5.54 Å². The largest absolute Gasteiger partial charge is 0.293 e. The summed E-state index contributed by atoms with van der Waals surface area (Å²) in [6.45, 7) is 7.81. The molecule has 1 unspecified atom stereocenters. The Kier molecular flexibility index (Phi) is 2.76. The van der Waals surface area contributed by atoms with Crippen molar-refractivity contribution in [3.8, 4) is 0 Å². The van der Waals surface area contributed by atoms with Crippen LogP contribution in [-0.4, -0.2) is 42.3 Å². The van der Waals surface area contributed by atoms with Crippen LogP contribution in [0.5, 0.6) is 0 Å². The molecule has 3 heteroatoms. The third-order valence-corrected chi connectivity index (χ3v) is 2.30. The summed E-state index contributed by atoms with van der Waals surface area (Å²) in [6, 6.07) is 0. The van der Waals surface area contributed by atoms with Gasteiger partial charge in [0.25, 0.3) is 0 Å². The van der Waals surface area contributed by atoms with Crippen LogP contribution in [0, 0.1) is 0 Å². The van der Waals surface area contributed by atoms with E-state index in [1.807, 2.05) is 0 Å². The fraction of sp³-hybridized carbons (Fsp3) is 1.00. The van der Waals surface area contributed by atoms with Gasteiger partial charge >= 0.3 is 0 Å². The molecule has 1 aliphatic rings. The maximum absolute atomic E-state index is 3.42. The maximum Gasteiger partial charge on any atom is 0.0771 e. The minimum Gasteiger partial charge on any atom is -0.293 e. The van der Waals surface area contributed by atoms with E-state index >= 15 is 0 Å². The molecule has 0 amide bonds. The SMILES string of the molecule is CN(C)C1CCNN1C(C)(C)C. The third-order valence-electron chi connectivity index (χ3n) is 2.30. The zero-order valence-electron chi connectivity index (χ0n) is 8.89. The predicted octanol–water partition coefficient (Wildman–Crippen LogP) is 0.883. The monoisotopic (exact) mass is 171 g/mol. The molecule has 0 spiro atoms. The lowest BCUT2D eigenvalue weighted by molar-refractivity contribution is 0.00472. The number of hydrazine groups is 1. The summed E-state index contributed by atoms with van der Waals surface area (Å²) in [7, 11) is 4.27. The predicted molar refractivity (Wildman–Crippen MR) is 51.7 cm³/mol. The first kappa shape index (κ1) is 9.96. The van der Waals surface area contributed by atoms with Crippen molar-refractivity contribution in [1.82, 2.24) is 15.3 Å². The van der Waals surface area contributed by atoms with Gasteiger partial charge in [-0.15, -0.1) is 0 Å². The van der Waals surface area contributed by atoms with E-state index in [4.69, 9.17) is 0 Å². The van der Waals surface area contributed by atoms with Crippen LogP contribution in [0.2, 0.25) is 0 Å². The van der Waals surface area contributed by atoms with Crippen LogP contribution in [0.1, 0.15) is 27.2 Å². The Morgan fingerprint density at radius 1 is 1.33 bits per heavy atom. The molecule has 1 aliphatic heterocycles. The van der Waals surface area contributed by atoms with Crippen molar-refractivity contribution in [3.05, 3.63) is 0 Å². The quantitative estimate of drug-likeness (QED) is 0.632. The number of rotatable bonds is 1. The van der Waals surface area contributed by atoms with Gasteiger partial charge in [-0.1, -0.05) is 0 Å². The first-order valence-electron chi connectivity index (χ1n) is 4.62. The number of nitrogens with zero attached hydrogens (tertiary/aromatic N) is 2. The Morgan fingerprint density at radius 3 is 2.25 bits per heavy atom. The second kappa shape index (κ2) is 3.32. The minimum atomic E-state index is 0.214. The second-order valence-corrected chi connectivity index (χ2v) is 4.68. The Hall–Kier alpha value is -0.120. The Labute approximate surface area is 75.7 Å². The molecule has 0 radical (unpaired) electrons. The molecule has 1 saturated heterocycles. The molecule has 0 aromatic heterocycles. The summed E-state index contributed by atoms with van der Waals surface area (Å²) in [5, 5.41) is 2.34. The molecule has 0 bridgehead atoms. The Morgan fingerprint density at radius 2 is 1.92 bits per heavy atom. The Balaban J connectivity index is 2.64. The molecule has 1 N–H and O–H groups in total. The topological polar surface area (TPSA) is 18.5 Å². The van der Waals surface area contributed by atoms with Gasteiger partial charge < -0.3 is 0 Å². The molecule has 0 aliphatic carbocycles. The smallest absolute Gasteiger partial charge is 0.0771 e. The van der Waals surface area contributed by atoms with Gasteiger partial charge in [0.05, 0.1) is 6.17 Å². The molecule has 12 heavy (non-hydrogen) atoms. The highest BCUT2D eigenvalue weighted by molar-refractivity contribution is 4.83. The highest BCUT2D eigenvalue weighted by Gasteiger charge is 2.33. The molecule has 0 aromatic carbocycles. The molecular weight excluding hydrogens is 150 g/mol. The summed E-state index contributed by atoms with van der Waals surface area (Å²) in [4.78, 5) is 2.27. The van der Waals surface area contributed by atoms with E-state index in [9.17, 15) is 0 Å². The van der Waals surface area contributed by atoms with Crippen LogP contribution < -0.4 is 5.43 Å². The van der Waals surface area contributed by atoms with Crippen molar-refractivity contribution in [3.63, 3.8) is 0 Å². The van der Waals surface area contributed by atoms with Gasteiger partial charge in [-0.25, -0.2) is 5.01 Å². The number of nitrogens with one attached hydrogen (secondary N) is 1. The number of hydrogen-bond acceptors (Lipinski definition) is 3. The van der Waals surface area contributed by atoms with E-state index in [0.29, 0.717) is 6.17 Å². The van der Waals surface area contributed by atoms with Crippen LogP contribution in [-0.2, 0) is 0 Å². The van der Waals surface area contributed by atoms with Crippen LogP contribution >= 0.6 is 0 Å². The fourth-order valence-electron chi connectivity index (χ4n) is 1.72. The molecule has 1 heterocycles. The first-order chi connectivity index (χ1) is 5.43. The molecule has 1 rings (SSSR count). The normalized spacial score (nSPS) is 27.0. The molecule has 1 atom stereocenters. The molecule has 0 aromatic rings. The van der Waals surface area contributed by atoms with Gasteiger partial charge in [-0.2, -0.15) is 0 Å². The van der Waals surface area contributed by atoms with Gasteiger partial charge in [0.15, 0.2) is 0 Å². The fourth-order valence-corrected chi connectivity index (χ4v) is 1.72. The molecule has 3 nitrogen and oxygen atoms in total. The maximum atomic E-state index is 3.42. The lowest BCUT2D eigenvalue weighted by atomic mass is 10.1. The van der Waals surface area contributed by atoms with Crippen LogP contribution in [0.15, 0.2) is 0 Å². The third kappa shape index (κ3) is 1.97. The van der Waals surface area contributed by atoms with Crippen molar-refractivity contribution in [2.75, 3.05) is 20.6 Å². The van der Waals surface area contributed by atoms with E-state index in [1.54, 1.807) is 0 Å². The summed E-state index contributed by atoms with van der Waals surface area (Å²) in [6.07, 6.45) is 1.76. The van der Waals surface area contributed by atoms with E-state index in [0.717, 1.165) is 6.54 Å².